The molecule has 1 atom stereocenters. The maximum absolute atomic E-state index is 12.5. The Hall–Kier alpha value is -2.67. The molecular formula is C19H24N4O3. The molecule has 1 aliphatic heterocycles. The van der Waals surface area contributed by atoms with Crippen LogP contribution in [0.15, 0.2) is 35.3 Å². The highest BCUT2D eigenvalue weighted by Gasteiger charge is 2.23. The molecule has 2 heterocycles. The van der Waals surface area contributed by atoms with Gasteiger partial charge in [0.15, 0.2) is 0 Å². The van der Waals surface area contributed by atoms with Crippen LogP contribution in [-0.2, 0) is 4.79 Å². The largest absolute Gasteiger partial charge is 0.369 e. The lowest BCUT2D eigenvalue weighted by Gasteiger charge is -2.31. The summed E-state index contributed by atoms with van der Waals surface area (Å²) in [6.07, 6.45) is 4.09. The summed E-state index contributed by atoms with van der Waals surface area (Å²) in [5.74, 6) is -0.495. The highest BCUT2D eigenvalue weighted by molar-refractivity contribution is 6.06. The molecule has 1 aliphatic rings. The van der Waals surface area contributed by atoms with Crippen molar-refractivity contribution in [2.45, 2.75) is 19.3 Å². The zero-order chi connectivity index (χ0) is 18.5. The predicted octanol–water partition coefficient (Wildman–Crippen LogP) is 0.845. The minimum atomic E-state index is -0.229. The minimum absolute atomic E-state index is 0.0640. The molecule has 0 spiro atoms. The van der Waals surface area contributed by atoms with Gasteiger partial charge in [0.25, 0.3) is 11.5 Å². The Morgan fingerprint density at radius 1 is 1.27 bits per heavy atom. The van der Waals surface area contributed by atoms with Crippen LogP contribution in [0.5, 0.6) is 0 Å². The molecule has 1 saturated heterocycles. The quantitative estimate of drug-likeness (QED) is 0.667. The monoisotopic (exact) mass is 356 g/mol. The lowest BCUT2D eigenvalue weighted by Crippen LogP contribution is -2.42. The van der Waals surface area contributed by atoms with Gasteiger partial charge in [-0.15, -0.1) is 0 Å². The van der Waals surface area contributed by atoms with Crippen molar-refractivity contribution in [2.24, 2.45) is 11.7 Å². The van der Waals surface area contributed by atoms with Gasteiger partial charge in [0, 0.05) is 30.1 Å². The fraction of sp³-hybridized carbons (Fsp3) is 0.421. The van der Waals surface area contributed by atoms with E-state index in [0.29, 0.717) is 29.4 Å². The van der Waals surface area contributed by atoms with Crippen molar-refractivity contribution in [1.82, 2.24) is 15.2 Å². The summed E-state index contributed by atoms with van der Waals surface area (Å²) in [6.45, 7) is 3.01. The molecule has 0 aliphatic carbocycles. The number of carbonyl (C=O) groups is 2. The van der Waals surface area contributed by atoms with Crippen molar-refractivity contribution < 1.29 is 9.59 Å². The minimum Gasteiger partial charge on any atom is -0.369 e. The van der Waals surface area contributed by atoms with Gasteiger partial charge >= 0.3 is 0 Å². The molecule has 7 nitrogen and oxygen atoms in total. The summed E-state index contributed by atoms with van der Waals surface area (Å²) < 4.78 is 0. The van der Waals surface area contributed by atoms with Crippen molar-refractivity contribution in [1.29, 1.82) is 0 Å². The summed E-state index contributed by atoms with van der Waals surface area (Å²) in [6, 6.07) is 7.06. The molecule has 2 aromatic rings. The number of hydrogen-bond donors (Lipinski definition) is 3. The standard InChI is InChI=1S/C19H24N4O3/c20-17(24)13-5-3-9-23(12-13)10-4-8-21-19(26)16-11-22-18(25)15-7-2-1-6-14(15)16/h1-2,6-7,11,13H,3-5,8-10,12H2,(H2,20,24)(H,21,26)(H,22,25)/t13-/m0/s1. The molecule has 3 rings (SSSR count). The van der Waals surface area contributed by atoms with Crippen LogP contribution in [0.25, 0.3) is 10.8 Å². The number of aromatic nitrogens is 1. The zero-order valence-electron chi connectivity index (χ0n) is 14.7. The molecule has 2 amide bonds. The second-order valence-electron chi connectivity index (χ2n) is 6.73. The molecule has 0 radical (unpaired) electrons. The Morgan fingerprint density at radius 3 is 2.81 bits per heavy atom. The number of aromatic amines is 1. The maximum Gasteiger partial charge on any atom is 0.255 e. The number of nitrogens with zero attached hydrogens (tertiary/aromatic N) is 1. The van der Waals surface area contributed by atoms with E-state index >= 15 is 0 Å². The molecule has 0 saturated carbocycles. The number of amides is 2. The first-order chi connectivity index (χ1) is 12.6. The van der Waals surface area contributed by atoms with Crippen molar-refractivity contribution in [3.8, 4) is 0 Å². The maximum atomic E-state index is 12.5. The van der Waals surface area contributed by atoms with E-state index in [9.17, 15) is 14.4 Å². The first-order valence-electron chi connectivity index (χ1n) is 8.96. The Kier molecular flexibility index (Phi) is 5.68. The number of piperidine rings is 1. The van der Waals surface area contributed by atoms with Gasteiger partial charge in [0.05, 0.1) is 11.5 Å². The molecule has 26 heavy (non-hydrogen) atoms. The second kappa shape index (κ2) is 8.14. The van der Waals surface area contributed by atoms with Crippen LogP contribution in [-0.4, -0.2) is 47.9 Å². The van der Waals surface area contributed by atoms with Gasteiger partial charge in [-0.3, -0.25) is 14.4 Å². The topological polar surface area (TPSA) is 108 Å². The number of fused-ring (bicyclic) bond motifs is 1. The Morgan fingerprint density at radius 2 is 2.04 bits per heavy atom. The molecule has 1 aromatic carbocycles. The summed E-state index contributed by atoms with van der Waals surface area (Å²) in [5, 5.41) is 4.06. The number of hydrogen-bond acceptors (Lipinski definition) is 4. The van der Waals surface area contributed by atoms with E-state index in [4.69, 9.17) is 5.73 Å². The van der Waals surface area contributed by atoms with Crippen molar-refractivity contribution in [2.75, 3.05) is 26.2 Å². The number of benzene rings is 1. The number of primary amides is 1. The predicted molar refractivity (Wildman–Crippen MR) is 99.9 cm³/mol. The van der Waals surface area contributed by atoms with E-state index < -0.39 is 0 Å². The van der Waals surface area contributed by atoms with E-state index in [-0.39, 0.29) is 23.3 Å². The van der Waals surface area contributed by atoms with Gasteiger partial charge < -0.3 is 20.9 Å². The molecule has 0 unspecified atom stereocenters. The first-order valence-corrected chi connectivity index (χ1v) is 8.96. The molecule has 138 valence electrons. The van der Waals surface area contributed by atoms with Crippen LogP contribution in [0.2, 0.25) is 0 Å². The number of nitrogens with one attached hydrogen (secondary N) is 2. The summed E-state index contributed by atoms with van der Waals surface area (Å²) in [5.41, 5.74) is 5.66. The van der Waals surface area contributed by atoms with Gasteiger partial charge in [0.2, 0.25) is 5.91 Å². The van der Waals surface area contributed by atoms with Crippen LogP contribution in [0, 0.1) is 5.92 Å². The summed E-state index contributed by atoms with van der Waals surface area (Å²) in [7, 11) is 0. The Balaban J connectivity index is 1.53. The van der Waals surface area contributed by atoms with E-state index in [1.165, 1.54) is 6.20 Å². The summed E-state index contributed by atoms with van der Waals surface area (Å²) in [4.78, 5) is 40.4. The molecule has 1 aromatic heterocycles. The van der Waals surface area contributed by atoms with Gasteiger partial charge in [-0.2, -0.15) is 0 Å². The third kappa shape index (κ3) is 4.11. The van der Waals surface area contributed by atoms with Crippen molar-refractivity contribution in [3.63, 3.8) is 0 Å². The van der Waals surface area contributed by atoms with E-state index in [2.05, 4.69) is 15.2 Å². The summed E-state index contributed by atoms with van der Waals surface area (Å²) >= 11 is 0. The third-order valence-electron chi connectivity index (χ3n) is 4.90. The van der Waals surface area contributed by atoms with E-state index in [1.54, 1.807) is 18.2 Å². The van der Waals surface area contributed by atoms with Gasteiger partial charge in [-0.1, -0.05) is 18.2 Å². The van der Waals surface area contributed by atoms with Crippen LogP contribution in [0.3, 0.4) is 0 Å². The normalized spacial score (nSPS) is 17.9. The molecule has 0 bridgehead atoms. The number of pyridine rings is 1. The number of rotatable bonds is 6. The number of nitrogens with two attached hydrogens (primary N) is 1. The van der Waals surface area contributed by atoms with E-state index in [0.717, 1.165) is 32.4 Å². The SMILES string of the molecule is NC(=O)[C@H]1CCCN(CCCNC(=O)c2c[nH]c(=O)c3ccccc23)C1. The van der Waals surface area contributed by atoms with Crippen molar-refractivity contribution in [3.05, 3.63) is 46.4 Å². The van der Waals surface area contributed by atoms with Gasteiger partial charge in [0.1, 0.15) is 0 Å². The Bertz CT molecular complexity index is 861. The molecule has 7 heteroatoms. The average molecular weight is 356 g/mol. The molecule has 1 fully saturated rings. The Labute approximate surface area is 151 Å². The molecule has 4 N–H and O–H groups in total. The first kappa shape index (κ1) is 18.1. The molecular weight excluding hydrogens is 332 g/mol. The smallest absolute Gasteiger partial charge is 0.255 e. The van der Waals surface area contributed by atoms with Crippen molar-refractivity contribution >= 4 is 22.6 Å². The highest BCUT2D eigenvalue weighted by Crippen LogP contribution is 2.16. The zero-order valence-corrected chi connectivity index (χ0v) is 14.7. The number of likely N-dealkylation sites (tertiary alicyclic amines) is 1. The number of H-pyrrole nitrogens is 1. The van der Waals surface area contributed by atoms with Gasteiger partial charge in [-0.25, -0.2) is 0 Å². The van der Waals surface area contributed by atoms with Crippen LogP contribution in [0.1, 0.15) is 29.6 Å². The van der Waals surface area contributed by atoms with Gasteiger partial charge in [-0.05, 0) is 38.4 Å². The second-order valence-corrected chi connectivity index (χ2v) is 6.73. The lowest BCUT2D eigenvalue weighted by molar-refractivity contribution is -0.123. The fourth-order valence-electron chi connectivity index (χ4n) is 3.49. The van der Waals surface area contributed by atoms with E-state index in [1.807, 2.05) is 6.07 Å². The highest BCUT2D eigenvalue weighted by atomic mass is 16.2. The van der Waals surface area contributed by atoms with Crippen LogP contribution >= 0.6 is 0 Å². The average Bonchev–Trinajstić information content (AvgIpc) is 2.66. The third-order valence-corrected chi connectivity index (χ3v) is 4.90. The fourth-order valence-corrected chi connectivity index (χ4v) is 3.49. The number of carbonyl (C=O) groups excluding carboxylic acids is 2. The lowest BCUT2D eigenvalue weighted by atomic mass is 9.97. The van der Waals surface area contributed by atoms with Crippen LogP contribution < -0.4 is 16.6 Å². The van der Waals surface area contributed by atoms with Crippen LogP contribution in [0.4, 0.5) is 0 Å².